The van der Waals surface area contributed by atoms with Crippen LogP contribution in [0.4, 0.5) is 4.39 Å². The predicted molar refractivity (Wildman–Crippen MR) is 175 cm³/mol. The number of furan rings is 1. The van der Waals surface area contributed by atoms with Gasteiger partial charge in [0.05, 0.1) is 5.76 Å². The van der Waals surface area contributed by atoms with E-state index in [2.05, 4.69) is 17.1 Å². The minimum Gasteiger partial charge on any atom is -0.512 e. The van der Waals surface area contributed by atoms with Gasteiger partial charge in [0.15, 0.2) is 17.2 Å². The van der Waals surface area contributed by atoms with E-state index in [0.717, 1.165) is 58.7 Å². The van der Waals surface area contributed by atoms with Crippen LogP contribution in [0, 0.1) is 37.6 Å². The van der Waals surface area contributed by atoms with E-state index in [0.29, 0.717) is 16.8 Å². The Hall–Kier alpha value is -3.60. The summed E-state index contributed by atoms with van der Waals surface area (Å²) in [6, 6.07) is 22.5. The van der Waals surface area contributed by atoms with Crippen LogP contribution in [0.1, 0.15) is 64.5 Å². The number of aromatic nitrogens is 1. The summed E-state index contributed by atoms with van der Waals surface area (Å²) >= 11 is 0. The maximum absolute atomic E-state index is 15.3. The quantitative estimate of drug-likeness (QED) is 0.0921. The fourth-order valence-corrected chi connectivity index (χ4v) is 5.57. The average molecular weight is 771 g/mol. The first-order valence-electron chi connectivity index (χ1n) is 15.2. The normalized spacial score (nSPS) is 11.5. The number of aryl methyl sites for hydroxylation is 2. The zero-order valence-electron chi connectivity index (χ0n) is 26.3. The predicted octanol–water partition coefficient (Wildman–Crippen LogP) is 10.7. The molecule has 1 radical (unpaired) electrons. The first kappa shape index (κ1) is 34.9. The van der Waals surface area contributed by atoms with Crippen LogP contribution in [0.2, 0.25) is 0 Å². The van der Waals surface area contributed by atoms with Gasteiger partial charge in [-0.15, -0.1) is 34.9 Å². The number of aliphatic hydroxyl groups is 1. The molecule has 5 rings (SSSR count). The van der Waals surface area contributed by atoms with E-state index in [9.17, 15) is 9.90 Å². The number of fused-ring (bicyclic) bond motifs is 3. The molecular weight excluding hydrogens is 730 g/mol. The SMILES string of the molecule is CCC(CC)C(=O)/C=C(\O)C(CC)CC.Cc1[c-]c(-c2nccc3c2oc2c(F)c(-c4ccccc4)ccc23)cc(C)c1.[Ir]. The minimum absolute atomic E-state index is 0. The first-order valence-corrected chi connectivity index (χ1v) is 15.2. The molecular formula is C38H41FIrNO3-. The summed E-state index contributed by atoms with van der Waals surface area (Å²) in [6.07, 6.45) is 6.64. The zero-order valence-corrected chi connectivity index (χ0v) is 28.7. The number of benzene rings is 3. The van der Waals surface area contributed by atoms with E-state index in [1.165, 1.54) is 6.08 Å². The maximum Gasteiger partial charge on any atom is 0.174 e. The summed E-state index contributed by atoms with van der Waals surface area (Å²) in [5.41, 5.74) is 5.88. The molecule has 2 heterocycles. The van der Waals surface area contributed by atoms with Gasteiger partial charge in [-0.1, -0.05) is 77.9 Å². The van der Waals surface area contributed by atoms with Gasteiger partial charge in [-0.2, -0.15) is 0 Å². The molecule has 5 aromatic rings. The van der Waals surface area contributed by atoms with E-state index in [-0.39, 0.29) is 54.9 Å². The number of nitrogens with zero attached hydrogens (tertiary/aromatic N) is 1. The molecule has 1 N–H and O–H groups in total. The van der Waals surface area contributed by atoms with E-state index < -0.39 is 0 Å². The van der Waals surface area contributed by atoms with Crippen molar-refractivity contribution in [1.29, 1.82) is 0 Å². The number of allylic oxidation sites excluding steroid dienone is 2. The summed E-state index contributed by atoms with van der Waals surface area (Å²) in [7, 11) is 0. The number of rotatable bonds is 9. The third-order valence-electron chi connectivity index (χ3n) is 8.07. The Bertz CT molecular complexity index is 1710. The van der Waals surface area contributed by atoms with Crippen molar-refractivity contribution in [3.63, 3.8) is 0 Å². The average Bonchev–Trinajstić information content (AvgIpc) is 3.39. The van der Waals surface area contributed by atoms with Crippen molar-refractivity contribution in [3.8, 4) is 22.4 Å². The van der Waals surface area contributed by atoms with E-state index in [1.54, 1.807) is 6.20 Å². The van der Waals surface area contributed by atoms with Crippen LogP contribution in [0.25, 0.3) is 44.3 Å². The molecule has 0 bridgehead atoms. The standard InChI is InChI=1S/C25H17FNO.C13H24O2.Ir/c1-15-12-16(2)14-18(13-15)23-25-21(10-11-27-23)20-9-8-19(22(26)24(20)28-25)17-6-4-3-5-7-17;1-5-10(6-2)12(14)9-13(15)11(7-3)8-4;/h3-13H,1-2H3;9-11,14H,5-8H2,1-4H3;/q-1;;/b;12-9-;. The molecule has 0 amide bonds. The molecule has 4 nitrogen and oxygen atoms in total. The molecule has 0 saturated carbocycles. The number of aliphatic hydroxyl groups excluding tert-OH is 1. The number of halogens is 1. The number of carbonyl (C=O) groups is 1. The van der Waals surface area contributed by atoms with Gasteiger partial charge in [0.2, 0.25) is 0 Å². The van der Waals surface area contributed by atoms with Gasteiger partial charge in [-0.05, 0) is 43.4 Å². The minimum atomic E-state index is -0.352. The third-order valence-corrected chi connectivity index (χ3v) is 8.07. The summed E-state index contributed by atoms with van der Waals surface area (Å²) in [4.78, 5) is 16.2. The first-order chi connectivity index (χ1) is 20.7. The zero-order chi connectivity index (χ0) is 31.1. The molecule has 0 aliphatic heterocycles. The molecule has 0 spiro atoms. The van der Waals surface area contributed by atoms with Crippen molar-refractivity contribution in [2.24, 2.45) is 11.8 Å². The second kappa shape index (κ2) is 15.9. The fraction of sp³-hybridized carbons (Fsp3) is 0.316. The Labute approximate surface area is 273 Å². The summed E-state index contributed by atoms with van der Waals surface area (Å²) < 4.78 is 21.4. The Morgan fingerprint density at radius 2 is 1.55 bits per heavy atom. The van der Waals surface area contributed by atoms with E-state index in [4.69, 9.17) is 4.42 Å². The van der Waals surface area contributed by atoms with Crippen LogP contribution >= 0.6 is 0 Å². The van der Waals surface area contributed by atoms with Crippen molar-refractivity contribution < 1.29 is 38.8 Å². The Morgan fingerprint density at radius 3 is 2.16 bits per heavy atom. The number of carbonyl (C=O) groups excluding carboxylic acids is 1. The van der Waals surface area contributed by atoms with Crippen LogP contribution in [-0.2, 0) is 24.9 Å². The fourth-order valence-electron chi connectivity index (χ4n) is 5.57. The monoisotopic (exact) mass is 771 g/mol. The largest absolute Gasteiger partial charge is 0.512 e. The number of ketones is 1. The van der Waals surface area contributed by atoms with Gasteiger partial charge in [-0.3, -0.25) is 4.79 Å². The van der Waals surface area contributed by atoms with Gasteiger partial charge in [0.25, 0.3) is 0 Å². The molecule has 0 saturated heterocycles. The molecule has 3 aromatic carbocycles. The van der Waals surface area contributed by atoms with Gasteiger partial charge < -0.3 is 14.5 Å². The van der Waals surface area contributed by atoms with Crippen LogP contribution in [0.3, 0.4) is 0 Å². The molecule has 0 atom stereocenters. The number of hydrogen-bond acceptors (Lipinski definition) is 4. The van der Waals surface area contributed by atoms with Crippen LogP contribution < -0.4 is 0 Å². The smallest absolute Gasteiger partial charge is 0.174 e. The van der Waals surface area contributed by atoms with Gasteiger partial charge in [0, 0.05) is 66.2 Å². The number of hydrogen-bond donors (Lipinski definition) is 1. The molecule has 2 aromatic heterocycles. The second-order valence-corrected chi connectivity index (χ2v) is 11.1. The van der Waals surface area contributed by atoms with Crippen LogP contribution in [-0.4, -0.2) is 15.9 Å². The third kappa shape index (κ3) is 7.72. The Kier molecular flexibility index (Phi) is 12.6. The summed E-state index contributed by atoms with van der Waals surface area (Å²) in [5.74, 6) is 0.196. The second-order valence-electron chi connectivity index (χ2n) is 11.1. The van der Waals surface area contributed by atoms with Crippen molar-refractivity contribution in [1.82, 2.24) is 4.98 Å². The number of pyridine rings is 1. The summed E-state index contributed by atoms with van der Waals surface area (Å²) in [5, 5.41) is 11.4. The summed E-state index contributed by atoms with van der Waals surface area (Å²) in [6.45, 7) is 12.1. The Balaban J connectivity index is 0.000000286. The Morgan fingerprint density at radius 1 is 0.909 bits per heavy atom. The van der Waals surface area contributed by atoms with E-state index in [1.807, 2.05) is 96.1 Å². The molecule has 0 aliphatic carbocycles. The topological polar surface area (TPSA) is 63.3 Å². The maximum atomic E-state index is 15.3. The molecule has 233 valence electrons. The van der Waals surface area contributed by atoms with Crippen molar-refractivity contribution in [2.45, 2.75) is 67.2 Å². The van der Waals surface area contributed by atoms with E-state index >= 15 is 4.39 Å². The molecule has 0 aliphatic rings. The van der Waals surface area contributed by atoms with Gasteiger partial charge >= 0.3 is 0 Å². The van der Waals surface area contributed by atoms with Crippen LogP contribution in [0.15, 0.2) is 83.1 Å². The van der Waals surface area contributed by atoms with Crippen molar-refractivity contribution >= 4 is 27.7 Å². The molecule has 0 fully saturated rings. The van der Waals surface area contributed by atoms with Crippen molar-refractivity contribution in [2.75, 3.05) is 0 Å². The van der Waals surface area contributed by atoms with Gasteiger partial charge in [-0.25, -0.2) is 4.39 Å². The van der Waals surface area contributed by atoms with Crippen LogP contribution in [0.5, 0.6) is 0 Å². The molecule has 0 unspecified atom stereocenters. The molecule has 44 heavy (non-hydrogen) atoms. The van der Waals surface area contributed by atoms with Crippen molar-refractivity contribution in [3.05, 3.63) is 102 Å². The van der Waals surface area contributed by atoms with Gasteiger partial charge in [0.1, 0.15) is 5.58 Å². The molecule has 6 heteroatoms.